The number of benzene rings is 1. The largest absolute Gasteiger partial charge is 0.379 e. The molecule has 0 aromatic heterocycles. The minimum Gasteiger partial charge on any atom is -0.379 e. The van der Waals surface area contributed by atoms with Gasteiger partial charge in [-0.15, -0.1) is 0 Å². The first kappa shape index (κ1) is 15.2. The minimum atomic E-state index is -0.285. The Morgan fingerprint density at radius 3 is 2.52 bits per heavy atom. The Morgan fingerprint density at radius 2 is 2.00 bits per heavy atom. The second-order valence-electron chi connectivity index (χ2n) is 5.65. The summed E-state index contributed by atoms with van der Waals surface area (Å²) in [6, 6.07) is 6.52. The molecule has 1 atom stereocenters. The summed E-state index contributed by atoms with van der Waals surface area (Å²) in [5.41, 5.74) is 3.45. The van der Waals surface area contributed by atoms with E-state index in [1.807, 2.05) is 13.0 Å². The van der Waals surface area contributed by atoms with E-state index in [-0.39, 0.29) is 17.1 Å². The van der Waals surface area contributed by atoms with Gasteiger partial charge in [-0.3, -0.25) is 4.79 Å². The van der Waals surface area contributed by atoms with E-state index in [4.69, 9.17) is 0 Å². The first-order valence-corrected chi connectivity index (χ1v) is 6.95. The number of nitrogens with one attached hydrogen (secondary N) is 1. The number of hydrogen-bond acceptors (Lipinski definition) is 2. The van der Waals surface area contributed by atoms with Gasteiger partial charge in [0.05, 0.1) is 5.54 Å². The van der Waals surface area contributed by atoms with Gasteiger partial charge in [-0.25, -0.2) is 4.39 Å². The molecule has 110 valence electrons. The molecule has 21 heavy (non-hydrogen) atoms. The molecule has 1 aliphatic heterocycles. The topological polar surface area (TPSA) is 29.1 Å². The first-order chi connectivity index (χ1) is 9.85. The molecule has 0 saturated carbocycles. The van der Waals surface area contributed by atoms with Gasteiger partial charge in [0, 0.05) is 17.7 Å². The van der Waals surface area contributed by atoms with Crippen LogP contribution in [0.25, 0.3) is 0 Å². The van der Waals surface area contributed by atoms with Gasteiger partial charge in [-0.05, 0) is 50.1 Å². The lowest BCUT2D eigenvalue weighted by Gasteiger charge is -2.27. The van der Waals surface area contributed by atoms with E-state index in [1.165, 1.54) is 19.1 Å². The number of rotatable bonds is 4. The molecule has 1 aromatic rings. The molecule has 1 heterocycles. The highest BCUT2D eigenvalue weighted by Gasteiger charge is 2.33. The van der Waals surface area contributed by atoms with Gasteiger partial charge in [-0.1, -0.05) is 24.8 Å². The Kier molecular flexibility index (Phi) is 4.12. The number of hydrogen-bond donors (Lipinski definition) is 1. The van der Waals surface area contributed by atoms with Crippen molar-refractivity contribution in [1.29, 1.82) is 0 Å². The molecule has 0 aliphatic carbocycles. The Hall–Kier alpha value is -2.16. The summed E-state index contributed by atoms with van der Waals surface area (Å²) in [6.07, 6.45) is 4.21. The van der Waals surface area contributed by atoms with Gasteiger partial charge in [0.1, 0.15) is 5.82 Å². The van der Waals surface area contributed by atoms with Crippen LogP contribution >= 0.6 is 0 Å². The monoisotopic (exact) mass is 285 g/mol. The van der Waals surface area contributed by atoms with Crippen LogP contribution in [0.4, 0.5) is 4.39 Å². The van der Waals surface area contributed by atoms with Gasteiger partial charge < -0.3 is 5.32 Å². The maximum Gasteiger partial charge on any atom is 0.159 e. The van der Waals surface area contributed by atoms with Crippen molar-refractivity contribution in [2.24, 2.45) is 0 Å². The summed E-state index contributed by atoms with van der Waals surface area (Å²) in [4.78, 5) is 11.5. The van der Waals surface area contributed by atoms with Crippen LogP contribution in [-0.2, 0) is 10.3 Å². The number of ketones is 1. The van der Waals surface area contributed by atoms with E-state index in [0.717, 1.165) is 23.3 Å². The third kappa shape index (κ3) is 3.13. The molecule has 2 nitrogen and oxygen atoms in total. The Morgan fingerprint density at radius 1 is 1.38 bits per heavy atom. The summed E-state index contributed by atoms with van der Waals surface area (Å²) < 4.78 is 13.1. The van der Waals surface area contributed by atoms with Crippen molar-refractivity contribution in [2.45, 2.75) is 32.7 Å². The van der Waals surface area contributed by atoms with E-state index < -0.39 is 0 Å². The SMILES string of the molecule is C=C/C(=C\C1=C(C)N[C@@](C)(c2ccc(F)cc2)C1)C(C)=O. The molecule has 1 aliphatic rings. The molecule has 0 fully saturated rings. The van der Waals surface area contributed by atoms with Crippen molar-refractivity contribution < 1.29 is 9.18 Å². The van der Waals surface area contributed by atoms with E-state index in [2.05, 4.69) is 18.8 Å². The van der Waals surface area contributed by atoms with Gasteiger partial charge in [0.2, 0.25) is 0 Å². The van der Waals surface area contributed by atoms with E-state index in [1.54, 1.807) is 18.2 Å². The highest BCUT2D eigenvalue weighted by atomic mass is 19.1. The molecule has 1 aromatic carbocycles. The highest BCUT2D eigenvalue weighted by Crippen LogP contribution is 2.36. The fourth-order valence-corrected chi connectivity index (χ4v) is 2.70. The lowest BCUT2D eigenvalue weighted by molar-refractivity contribution is -0.113. The zero-order chi connectivity index (χ0) is 15.6. The summed E-state index contributed by atoms with van der Waals surface area (Å²) in [5.74, 6) is -0.239. The number of carbonyl (C=O) groups is 1. The summed E-state index contributed by atoms with van der Waals surface area (Å²) in [7, 11) is 0. The van der Waals surface area contributed by atoms with Crippen molar-refractivity contribution >= 4 is 5.78 Å². The smallest absolute Gasteiger partial charge is 0.159 e. The van der Waals surface area contributed by atoms with E-state index in [0.29, 0.717) is 5.57 Å². The number of halogens is 1. The van der Waals surface area contributed by atoms with Crippen molar-refractivity contribution in [2.75, 3.05) is 0 Å². The van der Waals surface area contributed by atoms with Crippen LogP contribution in [0, 0.1) is 5.82 Å². The minimum absolute atomic E-state index is 0.000634. The average molecular weight is 285 g/mol. The van der Waals surface area contributed by atoms with Crippen molar-refractivity contribution in [1.82, 2.24) is 5.32 Å². The van der Waals surface area contributed by atoms with Gasteiger partial charge in [0.25, 0.3) is 0 Å². The number of Topliss-reactive ketones (excluding diaryl/α,β-unsaturated/α-hetero) is 1. The normalized spacial score (nSPS) is 22.2. The average Bonchev–Trinajstić information content (AvgIpc) is 2.72. The van der Waals surface area contributed by atoms with Gasteiger partial charge >= 0.3 is 0 Å². The van der Waals surface area contributed by atoms with Crippen LogP contribution in [0.2, 0.25) is 0 Å². The molecule has 0 bridgehead atoms. The second kappa shape index (κ2) is 5.68. The van der Waals surface area contributed by atoms with Crippen molar-refractivity contribution in [3.05, 3.63) is 71.2 Å². The van der Waals surface area contributed by atoms with Crippen LogP contribution in [-0.4, -0.2) is 5.78 Å². The number of allylic oxidation sites excluding steroid dienone is 4. The lowest BCUT2D eigenvalue weighted by Crippen LogP contribution is -2.33. The Bertz CT molecular complexity index is 640. The molecule has 0 saturated heterocycles. The standard InChI is InChI=1S/C18H20FNO/c1-5-14(13(3)21)10-15-11-18(4,20-12(15)2)16-6-8-17(19)9-7-16/h5-10,20H,1,11H2,2-4H3/b14-10+/t18-/m1/s1. The molecule has 3 heteroatoms. The second-order valence-corrected chi connectivity index (χ2v) is 5.65. The molecule has 0 unspecified atom stereocenters. The third-order valence-electron chi connectivity index (χ3n) is 3.93. The van der Waals surface area contributed by atoms with Gasteiger partial charge in [0.15, 0.2) is 5.78 Å². The maximum absolute atomic E-state index is 13.1. The van der Waals surface area contributed by atoms with E-state index in [9.17, 15) is 9.18 Å². The third-order valence-corrected chi connectivity index (χ3v) is 3.93. The maximum atomic E-state index is 13.1. The van der Waals surface area contributed by atoms with Crippen LogP contribution in [0.15, 0.2) is 59.8 Å². The summed E-state index contributed by atoms with van der Waals surface area (Å²) in [5, 5.41) is 3.45. The molecule has 0 amide bonds. The zero-order valence-corrected chi connectivity index (χ0v) is 12.7. The summed E-state index contributed by atoms with van der Waals surface area (Å²) in [6.45, 7) is 9.28. The van der Waals surface area contributed by atoms with Crippen molar-refractivity contribution in [3.8, 4) is 0 Å². The Labute approximate surface area is 125 Å². The number of carbonyl (C=O) groups excluding carboxylic acids is 1. The van der Waals surface area contributed by atoms with Crippen LogP contribution < -0.4 is 5.32 Å². The van der Waals surface area contributed by atoms with Crippen molar-refractivity contribution in [3.63, 3.8) is 0 Å². The van der Waals surface area contributed by atoms with Crippen LogP contribution in [0.1, 0.15) is 32.8 Å². The fourth-order valence-electron chi connectivity index (χ4n) is 2.70. The molecule has 2 rings (SSSR count). The zero-order valence-electron chi connectivity index (χ0n) is 12.7. The molecule has 0 radical (unpaired) electrons. The summed E-state index contributed by atoms with van der Waals surface area (Å²) >= 11 is 0. The lowest BCUT2D eigenvalue weighted by atomic mass is 9.88. The molecular formula is C18H20FNO. The van der Waals surface area contributed by atoms with E-state index >= 15 is 0 Å². The van der Waals surface area contributed by atoms with Crippen LogP contribution in [0.5, 0.6) is 0 Å². The predicted molar refractivity (Wildman–Crippen MR) is 83.2 cm³/mol. The molecular weight excluding hydrogens is 265 g/mol. The Balaban J connectivity index is 2.30. The predicted octanol–water partition coefficient (Wildman–Crippen LogP) is 4.01. The fraction of sp³-hybridized carbons (Fsp3) is 0.278. The van der Waals surface area contributed by atoms with Gasteiger partial charge in [-0.2, -0.15) is 0 Å². The molecule has 0 spiro atoms. The first-order valence-electron chi connectivity index (χ1n) is 6.95. The highest BCUT2D eigenvalue weighted by molar-refractivity contribution is 5.96. The molecule has 1 N–H and O–H groups in total. The van der Waals surface area contributed by atoms with Crippen LogP contribution in [0.3, 0.4) is 0 Å². The quantitative estimate of drug-likeness (QED) is 0.669.